The van der Waals surface area contributed by atoms with Crippen molar-refractivity contribution in [1.82, 2.24) is 0 Å². The maximum absolute atomic E-state index is 13.0. The van der Waals surface area contributed by atoms with Gasteiger partial charge < -0.3 is 14.4 Å². The van der Waals surface area contributed by atoms with E-state index in [4.69, 9.17) is 9.47 Å². The van der Waals surface area contributed by atoms with Crippen molar-refractivity contribution in [2.24, 2.45) is 23.7 Å². The van der Waals surface area contributed by atoms with E-state index in [9.17, 15) is 19.2 Å². The summed E-state index contributed by atoms with van der Waals surface area (Å²) in [4.78, 5) is 54.3. The van der Waals surface area contributed by atoms with Crippen molar-refractivity contribution in [3.63, 3.8) is 0 Å². The van der Waals surface area contributed by atoms with Crippen molar-refractivity contribution >= 4 is 35.1 Å². The van der Waals surface area contributed by atoms with E-state index >= 15 is 0 Å². The minimum Gasteiger partial charge on any atom is -0.497 e. The number of imide groups is 1. The van der Waals surface area contributed by atoms with Crippen LogP contribution in [0.5, 0.6) is 11.5 Å². The molecule has 8 nitrogen and oxygen atoms in total. The smallest absolute Gasteiger partial charge is 0.316 e. The zero-order valence-electron chi connectivity index (χ0n) is 19.8. The Balaban J connectivity index is 1.27. The van der Waals surface area contributed by atoms with Gasteiger partial charge in [0.15, 0.2) is 0 Å². The quantitative estimate of drug-likeness (QED) is 0.372. The molecule has 1 aliphatic carbocycles. The SMILES string of the molecule is COc1ccc(N2CC(C(=O)Oc3cccc(N4C(=O)C5CCC(C)CC5C4=O)c3)CC2=O)cc1. The first kappa shape index (κ1) is 23.1. The Labute approximate surface area is 203 Å². The second-order valence-electron chi connectivity index (χ2n) is 9.66. The molecule has 2 aromatic rings. The van der Waals surface area contributed by atoms with E-state index in [2.05, 4.69) is 6.92 Å². The maximum Gasteiger partial charge on any atom is 0.316 e. The predicted molar refractivity (Wildman–Crippen MR) is 128 cm³/mol. The van der Waals surface area contributed by atoms with Crippen LogP contribution < -0.4 is 19.3 Å². The summed E-state index contributed by atoms with van der Waals surface area (Å²) in [6.45, 7) is 2.33. The molecule has 5 rings (SSSR count). The highest BCUT2D eigenvalue weighted by atomic mass is 16.5. The first-order chi connectivity index (χ1) is 16.9. The highest BCUT2D eigenvalue weighted by molar-refractivity contribution is 6.22. The number of methoxy groups -OCH3 is 1. The lowest BCUT2D eigenvalue weighted by molar-refractivity contribution is -0.139. The normalized spacial score (nSPS) is 26.2. The number of fused-ring (bicyclic) bond motifs is 1. The van der Waals surface area contributed by atoms with Gasteiger partial charge in [-0.15, -0.1) is 0 Å². The molecule has 4 atom stereocenters. The molecule has 2 aromatic carbocycles. The summed E-state index contributed by atoms with van der Waals surface area (Å²) in [6.07, 6.45) is 2.44. The zero-order valence-corrected chi connectivity index (χ0v) is 19.8. The van der Waals surface area contributed by atoms with Crippen LogP contribution in [-0.2, 0) is 19.2 Å². The number of esters is 1. The molecule has 8 heteroatoms. The van der Waals surface area contributed by atoms with Crippen LogP contribution in [0, 0.1) is 23.7 Å². The lowest BCUT2D eigenvalue weighted by atomic mass is 9.76. The van der Waals surface area contributed by atoms with Crippen molar-refractivity contribution in [1.29, 1.82) is 0 Å². The van der Waals surface area contributed by atoms with E-state index in [1.54, 1.807) is 60.5 Å². The standard InChI is InChI=1S/C27H28N2O6/c1-16-6-11-22-23(12-16)26(32)29(25(22)31)19-4-3-5-21(14-19)35-27(33)17-13-24(30)28(15-17)18-7-9-20(34-2)10-8-18/h3-5,7-10,14,16-17,22-23H,6,11-13,15H2,1-2H3. The van der Waals surface area contributed by atoms with E-state index in [1.807, 2.05) is 0 Å². The molecule has 2 saturated heterocycles. The predicted octanol–water partition coefficient (Wildman–Crippen LogP) is 3.58. The lowest BCUT2D eigenvalue weighted by Gasteiger charge is -2.25. The fourth-order valence-electron chi connectivity index (χ4n) is 5.41. The van der Waals surface area contributed by atoms with E-state index < -0.39 is 11.9 Å². The molecule has 0 aromatic heterocycles. The number of nitrogens with zero attached hydrogens (tertiary/aromatic N) is 2. The van der Waals surface area contributed by atoms with E-state index in [0.717, 1.165) is 19.3 Å². The Morgan fingerprint density at radius 1 is 0.914 bits per heavy atom. The number of carbonyl (C=O) groups is 4. The summed E-state index contributed by atoms with van der Waals surface area (Å²) in [7, 11) is 1.57. The monoisotopic (exact) mass is 476 g/mol. The average Bonchev–Trinajstić information content (AvgIpc) is 3.36. The summed E-state index contributed by atoms with van der Waals surface area (Å²) in [5.74, 6) is -0.835. The summed E-state index contributed by atoms with van der Waals surface area (Å²) in [5.41, 5.74) is 1.10. The van der Waals surface area contributed by atoms with Gasteiger partial charge in [0, 0.05) is 24.7 Å². The van der Waals surface area contributed by atoms with Crippen LogP contribution in [0.15, 0.2) is 48.5 Å². The number of ether oxygens (including phenoxy) is 2. The van der Waals surface area contributed by atoms with Gasteiger partial charge in [-0.25, -0.2) is 4.90 Å². The third-order valence-electron chi connectivity index (χ3n) is 7.32. The van der Waals surface area contributed by atoms with Crippen LogP contribution in [0.2, 0.25) is 0 Å². The first-order valence-corrected chi connectivity index (χ1v) is 12.0. The van der Waals surface area contributed by atoms with Crippen LogP contribution in [0.1, 0.15) is 32.6 Å². The molecular weight excluding hydrogens is 448 g/mol. The van der Waals surface area contributed by atoms with Crippen LogP contribution in [0.25, 0.3) is 0 Å². The summed E-state index contributed by atoms with van der Waals surface area (Å²) >= 11 is 0. The van der Waals surface area contributed by atoms with Gasteiger partial charge in [-0.05, 0) is 61.6 Å². The van der Waals surface area contributed by atoms with Crippen molar-refractivity contribution < 1.29 is 28.7 Å². The van der Waals surface area contributed by atoms with Gasteiger partial charge in [-0.1, -0.05) is 13.0 Å². The molecule has 0 N–H and O–H groups in total. The van der Waals surface area contributed by atoms with Crippen LogP contribution in [0.4, 0.5) is 11.4 Å². The summed E-state index contributed by atoms with van der Waals surface area (Å²) in [5, 5.41) is 0. The maximum atomic E-state index is 13.0. The van der Waals surface area contributed by atoms with Crippen molar-refractivity contribution in [3.05, 3.63) is 48.5 Å². The molecule has 0 spiro atoms. The van der Waals surface area contributed by atoms with Gasteiger partial charge in [0.1, 0.15) is 11.5 Å². The summed E-state index contributed by atoms with van der Waals surface area (Å²) in [6, 6.07) is 13.6. The molecule has 182 valence electrons. The molecule has 0 bridgehead atoms. The molecule has 2 heterocycles. The third kappa shape index (κ3) is 4.29. The second kappa shape index (κ2) is 9.17. The number of carbonyl (C=O) groups excluding carboxylic acids is 4. The molecule has 1 saturated carbocycles. The molecule has 2 aliphatic heterocycles. The van der Waals surface area contributed by atoms with Crippen molar-refractivity contribution in [2.45, 2.75) is 32.6 Å². The number of benzene rings is 2. The number of amides is 3. The van der Waals surface area contributed by atoms with Crippen molar-refractivity contribution in [3.8, 4) is 11.5 Å². The Hall–Kier alpha value is -3.68. The Kier molecular flexibility index (Phi) is 6.05. The topological polar surface area (TPSA) is 93.2 Å². The molecule has 3 amide bonds. The van der Waals surface area contributed by atoms with Crippen LogP contribution >= 0.6 is 0 Å². The minimum atomic E-state index is -0.618. The zero-order chi connectivity index (χ0) is 24.7. The Bertz CT molecular complexity index is 1180. The Morgan fingerprint density at radius 3 is 2.40 bits per heavy atom. The van der Waals surface area contributed by atoms with Crippen LogP contribution in [-0.4, -0.2) is 37.3 Å². The molecule has 4 unspecified atom stereocenters. The average molecular weight is 477 g/mol. The first-order valence-electron chi connectivity index (χ1n) is 12.0. The summed E-state index contributed by atoms with van der Waals surface area (Å²) < 4.78 is 10.7. The largest absolute Gasteiger partial charge is 0.497 e. The number of rotatable bonds is 5. The van der Waals surface area contributed by atoms with Crippen LogP contribution in [0.3, 0.4) is 0 Å². The fourth-order valence-corrected chi connectivity index (χ4v) is 5.41. The van der Waals surface area contributed by atoms with E-state index in [1.165, 1.54) is 4.90 Å². The highest BCUT2D eigenvalue weighted by Crippen LogP contribution is 2.42. The van der Waals surface area contributed by atoms with E-state index in [-0.39, 0.29) is 48.3 Å². The van der Waals surface area contributed by atoms with Gasteiger partial charge in [-0.2, -0.15) is 0 Å². The number of hydrogen-bond acceptors (Lipinski definition) is 6. The Morgan fingerprint density at radius 2 is 1.66 bits per heavy atom. The number of hydrogen-bond donors (Lipinski definition) is 0. The minimum absolute atomic E-state index is 0.0508. The fraction of sp³-hybridized carbons (Fsp3) is 0.407. The molecule has 3 fully saturated rings. The van der Waals surface area contributed by atoms with Gasteiger partial charge in [-0.3, -0.25) is 19.2 Å². The molecule has 35 heavy (non-hydrogen) atoms. The molecule has 3 aliphatic rings. The highest BCUT2D eigenvalue weighted by Gasteiger charge is 2.50. The van der Waals surface area contributed by atoms with E-state index in [0.29, 0.717) is 23.0 Å². The lowest BCUT2D eigenvalue weighted by Crippen LogP contribution is -2.31. The molecular formula is C27H28N2O6. The van der Waals surface area contributed by atoms with Gasteiger partial charge >= 0.3 is 5.97 Å². The van der Waals surface area contributed by atoms with Gasteiger partial charge in [0.05, 0.1) is 30.6 Å². The van der Waals surface area contributed by atoms with Gasteiger partial charge in [0.2, 0.25) is 17.7 Å². The van der Waals surface area contributed by atoms with Crippen molar-refractivity contribution in [2.75, 3.05) is 23.5 Å². The molecule has 0 radical (unpaired) electrons. The third-order valence-corrected chi connectivity index (χ3v) is 7.32. The number of anilines is 2. The van der Waals surface area contributed by atoms with Gasteiger partial charge in [0.25, 0.3) is 0 Å². The second-order valence-corrected chi connectivity index (χ2v) is 9.66.